The topological polar surface area (TPSA) is 60.3 Å². The quantitative estimate of drug-likeness (QED) is 0.811. The average molecular weight is 368 g/mol. The number of amides is 1. The van der Waals surface area contributed by atoms with Crippen molar-refractivity contribution in [3.8, 4) is 0 Å². The van der Waals surface area contributed by atoms with E-state index in [1.807, 2.05) is 32.0 Å². The first-order valence-electron chi connectivity index (χ1n) is 9.61. The summed E-state index contributed by atoms with van der Waals surface area (Å²) in [5.41, 5.74) is 4.86. The fourth-order valence-corrected chi connectivity index (χ4v) is 4.13. The van der Waals surface area contributed by atoms with Crippen LogP contribution in [0.1, 0.15) is 71.6 Å². The van der Waals surface area contributed by atoms with Gasteiger partial charge in [-0.3, -0.25) is 4.79 Å². The Hall–Kier alpha value is -2.56. The monoisotopic (exact) mass is 368 g/mol. The van der Waals surface area contributed by atoms with Crippen LogP contribution < -0.4 is 5.32 Å². The Morgan fingerprint density at radius 2 is 2.00 bits per heavy atom. The zero-order valence-electron chi connectivity index (χ0n) is 16.5. The molecule has 0 fully saturated rings. The molecule has 144 valence electrons. The Balaban J connectivity index is 1.60. The highest BCUT2D eigenvalue weighted by Gasteiger charge is 2.23. The van der Waals surface area contributed by atoms with E-state index >= 15 is 0 Å². The van der Waals surface area contributed by atoms with Gasteiger partial charge in [0.2, 0.25) is 0 Å². The smallest absolute Gasteiger partial charge is 0.340 e. The maximum absolute atomic E-state index is 12.4. The molecule has 2 aromatic rings. The summed E-state index contributed by atoms with van der Waals surface area (Å²) in [5, 5.41) is 3.01. The molecule has 1 aromatic heterocycles. The van der Waals surface area contributed by atoms with Crippen molar-refractivity contribution in [2.75, 3.05) is 6.61 Å². The molecule has 0 bridgehead atoms. The van der Waals surface area contributed by atoms with Gasteiger partial charge in [0.25, 0.3) is 5.91 Å². The SMILES string of the molecule is Cc1cc(C(=O)OCC(=O)NC2CCCc3ccccc32)c(C)n1C(C)C. The number of carbonyl (C=O) groups is 2. The molecule has 0 aliphatic heterocycles. The van der Waals surface area contributed by atoms with E-state index in [0.29, 0.717) is 5.56 Å². The molecule has 0 saturated heterocycles. The van der Waals surface area contributed by atoms with Crippen molar-refractivity contribution < 1.29 is 14.3 Å². The number of benzene rings is 1. The second-order valence-corrected chi connectivity index (χ2v) is 7.54. The summed E-state index contributed by atoms with van der Waals surface area (Å²) in [6.45, 7) is 7.76. The molecule has 1 atom stereocenters. The summed E-state index contributed by atoms with van der Waals surface area (Å²) in [5.74, 6) is -0.711. The summed E-state index contributed by atoms with van der Waals surface area (Å²) in [7, 11) is 0. The molecular formula is C22H28N2O3. The van der Waals surface area contributed by atoms with Crippen LogP contribution in [0.3, 0.4) is 0 Å². The van der Waals surface area contributed by atoms with Gasteiger partial charge in [-0.2, -0.15) is 0 Å². The van der Waals surface area contributed by atoms with Gasteiger partial charge in [-0.15, -0.1) is 0 Å². The highest BCUT2D eigenvalue weighted by molar-refractivity contribution is 5.92. The molecule has 27 heavy (non-hydrogen) atoms. The number of rotatable bonds is 5. The molecule has 1 heterocycles. The molecule has 1 aromatic carbocycles. The van der Waals surface area contributed by atoms with Crippen molar-refractivity contribution in [1.29, 1.82) is 0 Å². The lowest BCUT2D eigenvalue weighted by molar-refractivity contribution is -0.125. The molecule has 5 heteroatoms. The molecule has 3 rings (SSSR count). The van der Waals surface area contributed by atoms with Crippen molar-refractivity contribution in [1.82, 2.24) is 9.88 Å². The normalized spacial score (nSPS) is 16.1. The number of hydrogen-bond acceptors (Lipinski definition) is 3. The highest BCUT2D eigenvalue weighted by Crippen LogP contribution is 2.29. The number of nitrogens with zero attached hydrogens (tertiary/aromatic N) is 1. The van der Waals surface area contributed by atoms with Gasteiger partial charge in [0.05, 0.1) is 11.6 Å². The molecule has 1 amide bonds. The summed E-state index contributed by atoms with van der Waals surface area (Å²) in [6, 6.07) is 10.3. The predicted octanol–water partition coefficient (Wildman–Crippen LogP) is 4.04. The fourth-order valence-electron chi connectivity index (χ4n) is 4.13. The molecule has 0 saturated carbocycles. The number of carbonyl (C=O) groups excluding carboxylic acids is 2. The Morgan fingerprint density at radius 3 is 2.70 bits per heavy atom. The van der Waals surface area contributed by atoms with Crippen LogP contribution in [-0.2, 0) is 16.0 Å². The third kappa shape index (κ3) is 4.07. The maximum Gasteiger partial charge on any atom is 0.340 e. The van der Waals surface area contributed by atoms with Gasteiger partial charge in [-0.25, -0.2) is 4.79 Å². The second-order valence-electron chi connectivity index (χ2n) is 7.54. The largest absolute Gasteiger partial charge is 0.452 e. The fraction of sp³-hybridized carbons (Fsp3) is 0.455. The predicted molar refractivity (Wildman–Crippen MR) is 105 cm³/mol. The van der Waals surface area contributed by atoms with E-state index in [4.69, 9.17) is 4.74 Å². The number of aromatic nitrogens is 1. The Labute approximate surface area is 160 Å². The Bertz CT molecular complexity index is 851. The zero-order chi connectivity index (χ0) is 19.6. The van der Waals surface area contributed by atoms with Crippen LogP contribution in [0.2, 0.25) is 0 Å². The van der Waals surface area contributed by atoms with Gasteiger partial charge in [0.1, 0.15) is 0 Å². The Kier molecular flexibility index (Phi) is 5.68. The lowest BCUT2D eigenvalue weighted by atomic mass is 9.88. The average Bonchev–Trinajstić information content (AvgIpc) is 2.94. The van der Waals surface area contributed by atoms with Gasteiger partial charge < -0.3 is 14.6 Å². The van der Waals surface area contributed by atoms with Crippen LogP contribution in [0.15, 0.2) is 30.3 Å². The third-order valence-electron chi connectivity index (χ3n) is 5.26. The van der Waals surface area contributed by atoms with Crippen molar-refractivity contribution in [2.24, 2.45) is 0 Å². The zero-order valence-corrected chi connectivity index (χ0v) is 16.5. The van der Waals surface area contributed by atoms with E-state index in [2.05, 4.69) is 35.9 Å². The minimum atomic E-state index is -0.450. The van der Waals surface area contributed by atoms with Gasteiger partial charge in [0, 0.05) is 17.4 Å². The van der Waals surface area contributed by atoms with Crippen LogP contribution >= 0.6 is 0 Å². The van der Waals surface area contributed by atoms with E-state index in [1.165, 1.54) is 11.1 Å². The standard InChI is InChI=1S/C22H28N2O3/c1-14(2)24-15(3)12-19(16(24)4)22(26)27-13-21(25)23-20-11-7-9-17-8-5-6-10-18(17)20/h5-6,8,10,12,14,20H,7,9,11,13H2,1-4H3,(H,23,25). The molecule has 1 aliphatic carbocycles. The van der Waals surface area contributed by atoms with Crippen LogP contribution in [0.5, 0.6) is 0 Å². The van der Waals surface area contributed by atoms with Crippen molar-refractivity contribution in [2.45, 2.75) is 59.0 Å². The van der Waals surface area contributed by atoms with E-state index in [9.17, 15) is 9.59 Å². The lowest BCUT2D eigenvalue weighted by Crippen LogP contribution is -2.34. The third-order valence-corrected chi connectivity index (χ3v) is 5.26. The molecule has 0 spiro atoms. The molecule has 0 radical (unpaired) electrons. The number of hydrogen-bond donors (Lipinski definition) is 1. The van der Waals surface area contributed by atoms with Crippen LogP contribution in [0, 0.1) is 13.8 Å². The number of fused-ring (bicyclic) bond motifs is 1. The maximum atomic E-state index is 12.4. The van der Waals surface area contributed by atoms with Crippen molar-refractivity contribution in [3.05, 3.63) is 58.4 Å². The Morgan fingerprint density at radius 1 is 1.26 bits per heavy atom. The lowest BCUT2D eigenvalue weighted by Gasteiger charge is -2.26. The molecule has 1 unspecified atom stereocenters. The van der Waals surface area contributed by atoms with Crippen LogP contribution in [-0.4, -0.2) is 23.1 Å². The van der Waals surface area contributed by atoms with E-state index in [-0.39, 0.29) is 24.6 Å². The van der Waals surface area contributed by atoms with E-state index in [0.717, 1.165) is 30.7 Å². The summed E-state index contributed by atoms with van der Waals surface area (Å²) in [6.07, 6.45) is 3.00. The van der Waals surface area contributed by atoms with Crippen LogP contribution in [0.4, 0.5) is 0 Å². The van der Waals surface area contributed by atoms with E-state index < -0.39 is 5.97 Å². The number of esters is 1. The summed E-state index contributed by atoms with van der Waals surface area (Å²) < 4.78 is 7.38. The van der Waals surface area contributed by atoms with Crippen molar-refractivity contribution in [3.63, 3.8) is 0 Å². The number of ether oxygens (including phenoxy) is 1. The van der Waals surface area contributed by atoms with Crippen LogP contribution in [0.25, 0.3) is 0 Å². The summed E-state index contributed by atoms with van der Waals surface area (Å²) in [4.78, 5) is 24.8. The van der Waals surface area contributed by atoms with Gasteiger partial charge in [0.15, 0.2) is 6.61 Å². The van der Waals surface area contributed by atoms with Crippen molar-refractivity contribution >= 4 is 11.9 Å². The first kappa shape index (κ1) is 19.2. The molecule has 1 aliphatic rings. The second kappa shape index (κ2) is 7.99. The highest BCUT2D eigenvalue weighted by atomic mass is 16.5. The summed E-state index contributed by atoms with van der Waals surface area (Å²) >= 11 is 0. The molecular weight excluding hydrogens is 340 g/mol. The minimum Gasteiger partial charge on any atom is -0.452 e. The molecule has 1 N–H and O–H groups in total. The number of nitrogens with one attached hydrogen (secondary N) is 1. The first-order valence-corrected chi connectivity index (χ1v) is 9.61. The first-order chi connectivity index (χ1) is 12.9. The van der Waals surface area contributed by atoms with Gasteiger partial charge >= 0.3 is 5.97 Å². The van der Waals surface area contributed by atoms with E-state index in [1.54, 1.807) is 0 Å². The van der Waals surface area contributed by atoms with Gasteiger partial charge in [-0.1, -0.05) is 24.3 Å². The molecule has 5 nitrogen and oxygen atoms in total. The van der Waals surface area contributed by atoms with Gasteiger partial charge in [-0.05, 0) is 64.2 Å². The number of aryl methyl sites for hydroxylation is 2. The minimum absolute atomic E-state index is 0.00726.